The first kappa shape index (κ1) is 42.2. The van der Waals surface area contributed by atoms with E-state index < -0.39 is 0 Å². The summed E-state index contributed by atoms with van der Waals surface area (Å²) in [6.45, 7) is 0. The quantitative estimate of drug-likeness (QED) is 0.165. The predicted octanol–water partition coefficient (Wildman–Crippen LogP) is 19.4. The van der Waals surface area contributed by atoms with E-state index in [0.29, 0.717) is 17.5 Å². The summed E-state index contributed by atoms with van der Waals surface area (Å²) >= 11 is 1.84. The maximum absolute atomic E-state index is 6.62. The van der Waals surface area contributed by atoms with E-state index in [0.717, 1.165) is 99.3 Å². The number of hydrogen-bond donors (Lipinski definition) is 0. The largest absolute Gasteiger partial charge is 0.456 e. The fourth-order valence-electron chi connectivity index (χ4n) is 11.8. The van der Waals surface area contributed by atoms with E-state index in [9.17, 15) is 0 Å². The Morgan fingerprint density at radius 3 is 1.53 bits per heavy atom. The molecule has 6 aromatic heterocycles. The molecule has 11 aromatic carbocycles. The van der Waals surface area contributed by atoms with E-state index in [1.54, 1.807) is 0 Å². The van der Waals surface area contributed by atoms with Gasteiger partial charge in [0.2, 0.25) is 0 Å². The monoisotopic (exact) mass is 1000 g/mol. The van der Waals surface area contributed by atoms with Gasteiger partial charge in [-0.25, -0.2) is 15.0 Å². The average Bonchev–Trinajstić information content (AvgIpc) is 4.32. The van der Waals surface area contributed by atoms with Gasteiger partial charge in [-0.05, 0) is 125 Å². The van der Waals surface area contributed by atoms with Crippen LogP contribution >= 0.6 is 11.3 Å². The SMILES string of the molecule is c1ccc(-n2c3ccccc3c3cc(-c4ccc5c(c4)sc4ccc(-c6ccc7oc8cccc(-c9nc(-c%10ccc%11c(c%10)oc%10ccccc%10%11)nc(-c%10ccc%11c(c%10)oc%10ccccc%10%11)n9)c8c7c6)cc45)ccc32)cc1. The maximum Gasteiger partial charge on any atom is 0.164 e. The number of rotatable bonds is 6. The van der Waals surface area contributed by atoms with Crippen LogP contribution in [0.4, 0.5) is 0 Å². The number of benzene rings is 11. The van der Waals surface area contributed by atoms with Crippen molar-refractivity contribution in [1.29, 1.82) is 0 Å². The number of nitrogens with zero attached hydrogens (tertiary/aromatic N) is 4. The third kappa shape index (κ3) is 6.52. The summed E-state index contributed by atoms with van der Waals surface area (Å²) in [5, 5.41) is 11.1. The lowest BCUT2D eigenvalue weighted by Gasteiger charge is -2.09. The van der Waals surface area contributed by atoms with Gasteiger partial charge in [0.1, 0.15) is 33.5 Å². The van der Waals surface area contributed by atoms with E-state index in [1.165, 1.54) is 53.1 Å². The van der Waals surface area contributed by atoms with Gasteiger partial charge in [-0.2, -0.15) is 0 Å². The number of thiophene rings is 1. The highest BCUT2D eigenvalue weighted by molar-refractivity contribution is 7.25. The highest BCUT2D eigenvalue weighted by atomic mass is 32.1. The van der Waals surface area contributed by atoms with Gasteiger partial charge >= 0.3 is 0 Å². The van der Waals surface area contributed by atoms with Crippen molar-refractivity contribution in [1.82, 2.24) is 19.5 Å². The zero-order valence-electron chi connectivity index (χ0n) is 40.9. The zero-order valence-corrected chi connectivity index (χ0v) is 41.7. The second kappa shape index (κ2) is 16.2. The van der Waals surface area contributed by atoms with Crippen molar-refractivity contribution in [2.75, 3.05) is 0 Å². The van der Waals surface area contributed by atoms with Crippen molar-refractivity contribution in [3.8, 4) is 62.1 Å². The third-order valence-corrected chi connectivity index (χ3v) is 16.6. The first-order chi connectivity index (χ1) is 38.1. The molecule has 0 radical (unpaired) electrons. The smallest absolute Gasteiger partial charge is 0.164 e. The van der Waals surface area contributed by atoms with Crippen LogP contribution in [0.5, 0.6) is 0 Å². The van der Waals surface area contributed by atoms with Crippen LogP contribution in [-0.4, -0.2) is 19.5 Å². The van der Waals surface area contributed by atoms with Gasteiger partial charge in [-0.1, -0.05) is 127 Å². The molecular formula is C69H38N4O3S. The van der Waals surface area contributed by atoms with Crippen LogP contribution in [0.25, 0.3) is 170 Å². The molecule has 0 aliphatic rings. The van der Waals surface area contributed by atoms with Crippen LogP contribution in [0.1, 0.15) is 0 Å². The highest BCUT2D eigenvalue weighted by Crippen LogP contribution is 2.43. The molecule has 6 heterocycles. The van der Waals surface area contributed by atoms with Crippen LogP contribution < -0.4 is 0 Å². The van der Waals surface area contributed by atoms with Crippen LogP contribution in [0.15, 0.2) is 244 Å². The first-order valence-corrected chi connectivity index (χ1v) is 26.5. The van der Waals surface area contributed by atoms with Crippen LogP contribution in [-0.2, 0) is 0 Å². The maximum atomic E-state index is 6.62. The number of para-hydroxylation sites is 4. The first-order valence-electron chi connectivity index (χ1n) is 25.7. The van der Waals surface area contributed by atoms with Gasteiger partial charge in [0.05, 0.1) is 11.0 Å². The minimum absolute atomic E-state index is 0.527. The Kier molecular flexibility index (Phi) is 8.87. The molecule has 77 heavy (non-hydrogen) atoms. The molecule has 8 heteroatoms. The van der Waals surface area contributed by atoms with Crippen molar-refractivity contribution in [2.24, 2.45) is 0 Å². The number of furan rings is 3. The van der Waals surface area contributed by atoms with Crippen LogP contribution in [0.2, 0.25) is 0 Å². The molecule has 0 saturated carbocycles. The van der Waals surface area contributed by atoms with Gasteiger partial charge in [0.15, 0.2) is 17.5 Å². The van der Waals surface area contributed by atoms with Crippen molar-refractivity contribution >= 4 is 119 Å². The van der Waals surface area contributed by atoms with Crippen LogP contribution in [0.3, 0.4) is 0 Å². The van der Waals surface area contributed by atoms with E-state index in [1.807, 2.05) is 72.0 Å². The van der Waals surface area contributed by atoms with E-state index in [4.69, 9.17) is 28.2 Å². The summed E-state index contributed by atoms with van der Waals surface area (Å²) < 4.78 is 24.2. The van der Waals surface area contributed by atoms with Crippen molar-refractivity contribution in [2.45, 2.75) is 0 Å². The van der Waals surface area contributed by atoms with E-state index in [-0.39, 0.29) is 0 Å². The van der Waals surface area contributed by atoms with Crippen molar-refractivity contribution in [3.05, 3.63) is 231 Å². The molecule has 0 atom stereocenters. The van der Waals surface area contributed by atoms with Gasteiger partial charge in [0.25, 0.3) is 0 Å². The van der Waals surface area contributed by atoms with Crippen LogP contribution in [0, 0.1) is 0 Å². The molecule has 7 nitrogen and oxygen atoms in total. The van der Waals surface area contributed by atoms with Gasteiger partial charge in [-0.15, -0.1) is 11.3 Å². The van der Waals surface area contributed by atoms with E-state index in [2.05, 4.69) is 174 Å². The lowest BCUT2D eigenvalue weighted by Crippen LogP contribution is -2.00. The number of fused-ring (bicyclic) bond motifs is 15. The molecule has 0 bridgehead atoms. The van der Waals surface area contributed by atoms with Gasteiger partial charge in [0, 0.05) is 85.6 Å². The Bertz CT molecular complexity index is 5180. The Hall–Kier alpha value is -10.2. The fourth-order valence-corrected chi connectivity index (χ4v) is 12.9. The van der Waals surface area contributed by atoms with Gasteiger partial charge < -0.3 is 17.8 Å². The number of aromatic nitrogens is 4. The summed E-state index contributed by atoms with van der Waals surface area (Å²) in [6, 6.07) is 81.2. The standard InChI is InChI=1S/C69H38N4O3S/c1-2-11-45(12-3-1)73-56-17-7-4-13-46(56)53-33-39(24-30-57(53)73)42-21-29-51-54-34-41(26-32-64(54)77-65(51)38-42)40-25-31-60-55(35-40)66-52(16-10-20-61(66)74-60)69-71-67(43-22-27-49-47-14-5-8-18-58(47)75-62(49)36-43)70-68(72-69)44-23-28-50-48-15-6-9-19-59(48)76-63(50)37-44/h1-38H. The molecule has 17 aromatic rings. The average molecular weight is 1000 g/mol. The summed E-state index contributed by atoms with van der Waals surface area (Å²) in [4.78, 5) is 15.7. The Morgan fingerprint density at radius 1 is 0.286 bits per heavy atom. The van der Waals surface area contributed by atoms with Gasteiger partial charge in [-0.3, -0.25) is 0 Å². The Morgan fingerprint density at radius 2 is 0.792 bits per heavy atom. The normalized spacial score (nSPS) is 12.2. The Labute approximate surface area is 442 Å². The summed E-state index contributed by atoms with van der Waals surface area (Å²) in [7, 11) is 0. The lowest BCUT2D eigenvalue weighted by molar-refractivity contribution is 0.668. The lowest BCUT2D eigenvalue weighted by atomic mass is 9.98. The molecule has 0 aliphatic heterocycles. The molecule has 0 spiro atoms. The molecule has 0 fully saturated rings. The second-order valence-corrected chi connectivity index (χ2v) is 20.9. The highest BCUT2D eigenvalue weighted by Gasteiger charge is 2.21. The third-order valence-electron chi connectivity index (χ3n) is 15.5. The Balaban J connectivity index is 0.775. The zero-order chi connectivity index (χ0) is 50.3. The minimum atomic E-state index is 0.527. The molecule has 0 unspecified atom stereocenters. The summed E-state index contributed by atoms with van der Waals surface area (Å²) in [5.74, 6) is 1.58. The topological polar surface area (TPSA) is 83.0 Å². The van der Waals surface area contributed by atoms with Crippen molar-refractivity contribution in [3.63, 3.8) is 0 Å². The minimum Gasteiger partial charge on any atom is -0.456 e. The molecule has 0 N–H and O–H groups in total. The summed E-state index contributed by atoms with van der Waals surface area (Å²) in [6.07, 6.45) is 0. The molecular weight excluding hydrogens is 965 g/mol. The number of hydrogen-bond acceptors (Lipinski definition) is 7. The molecule has 17 rings (SSSR count). The van der Waals surface area contributed by atoms with E-state index >= 15 is 0 Å². The molecule has 358 valence electrons. The molecule has 0 amide bonds. The molecule has 0 aliphatic carbocycles. The molecule has 0 saturated heterocycles. The summed E-state index contributed by atoms with van der Waals surface area (Å²) in [5.41, 5.74) is 15.4. The second-order valence-electron chi connectivity index (χ2n) is 19.9. The fraction of sp³-hybridized carbons (Fsp3) is 0. The van der Waals surface area contributed by atoms with Crippen molar-refractivity contribution < 1.29 is 13.3 Å². The predicted molar refractivity (Wildman–Crippen MR) is 316 cm³/mol.